The van der Waals surface area contributed by atoms with Gasteiger partial charge in [-0.05, 0) is 50.4 Å². The van der Waals surface area contributed by atoms with Crippen LogP contribution in [0, 0.1) is 12.8 Å². The van der Waals surface area contributed by atoms with E-state index in [-0.39, 0.29) is 5.41 Å². The van der Waals surface area contributed by atoms with Crippen LogP contribution < -0.4 is 5.32 Å². The first kappa shape index (κ1) is 13.4. The Kier molecular flexibility index (Phi) is 3.38. The van der Waals surface area contributed by atoms with Gasteiger partial charge < -0.3 is 14.3 Å². The van der Waals surface area contributed by atoms with Crippen LogP contribution >= 0.6 is 0 Å². The molecule has 1 unspecified atom stereocenters. The van der Waals surface area contributed by atoms with E-state index in [0.29, 0.717) is 23.4 Å². The topological polar surface area (TPSA) is 64.1 Å². The Balaban J connectivity index is 1.87. The third kappa shape index (κ3) is 2.26. The van der Waals surface area contributed by atoms with Gasteiger partial charge in [-0.3, -0.25) is 0 Å². The van der Waals surface area contributed by atoms with E-state index in [9.17, 15) is 0 Å². The van der Waals surface area contributed by atoms with Gasteiger partial charge in [-0.25, -0.2) is 0 Å². The fourth-order valence-electron chi connectivity index (χ4n) is 2.82. The summed E-state index contributed by atoms with van der Waals surface area (Å²) in [6, 6.07) is 1.90. The largest absolute Gasteiger partial charge is 0.461 e. The molecule has 20 heavy (non-hydrogen) atoms. The lowest BCUT2D eigenvalue weighted by molar-refractivity contribution is 0.196. The van der Waals surface area contributed by atoms with Gasteiger partial charge in [0.25, 0.3) is 0 Å². The summed E-state index contributed by atoms with van der Waals surface area (Å²) < 4.78 is 10.9. The maximum absolute atomic E-state index is 5.51. The van der Waals surface area contributed by atoms with Crippen LogP contribution in [0.5, 0.6) is 0 Å². The van der Waals surface area contributed by atoms with Crippen molar-refractivity contribution in [2.75, 3.05) is 13.1 Å². The van der Waals surface area contributed by atoms with Crippen LogP contribution in [-0.2, 0) is 5.41 Å². The Morgan fingerprint density at radius 2 is 2.25 bits per heavy atom. The van der Waals surface area contributed by atoms with Crippen LogP contribution in [-0.4, -0.2) is 23.2 Å². The smallest absolute Gasteiger partial charge is 0.238 e. The summed E-state index contributed by atoms with van der Waals surface area (Å²) in [5, 5.41) is 7.53. The van der Waals surface area contributed by atoms with Crippen LogP contribution in [0.4, 0.5) is 0 Å². The standard InChI is InChI=1S/C15H21N3O2/c1-10-6-8-19-12(10)13-17-14(20-18-13)15(2,3)11-5-4-7-16-9-11/h6,8,11,16H,4-5,7,9H2,1-3H3. The van der Waals surface area contributed by atoms with Gasteiger partial charge in [-0.1, -0.05) is 19.0 Å². The minimum Gasteiger partial charge on any atom is -0.461 e. The molecule has 0 spiro atoms. The van der Waals surface area contributed by atoms with E-state index in [1.165, 1.54) is 12.8 Å². The molecule has 0 bridgehead atoms. The van der Waals surface area contributed by atoms with Gasteiger partial charge in [0.15, 0.2) is 5.76 Å². The van der Waals surface area contributed by atoms with Gasteiger partial charge in [-0.2, -0.15) is 4.98 Å². The second-order valence-electron chi connectivity index (χ2n) is 6.12. The molecular weight excluding hydrogens is 254 g/mol. The lowest BCUT2D eigenvalue weighted by Crippen LogP contribution is -2.40. The first-order valence-corrected chi connectivity index (χ1v) is 7.18. The zero-order valence-electron chi connectivity index (χ0n) is 12.3. The van der Waals surface area contributed by atoms with Crippen LogP contribution in [0.3, 0.4) is 0 Å². The second kappa shape index (κ2) is 5.05. The fraction of sp³-hybridized carbons (Fsp3) is 0.600. The Labute approximate surface area is 118 Å². The third-order valence-corrected chi connectivity index (χ3v) is 4.36. The third-order valence-electron chi connectivity index (χ3n) is 4.36. The van der Waals surface area contributed by atoms with Crippen molar-refractivity contribution in [1.29, 1.82) is 0 Å². The van der Waals surface area contributed by atoms with E-state index in [1.807, 2.05) is 13.0 Å². The number of aromatic nitrogens is 2. The molecule has 0 amide bonds. The first-order chi connectivity index (χ1) is 9.59. The molecule has 108 valence electrons. The van der Waals surface area contributed by atoms with Crippen molar-refractivity contribution in [3.63, 3.8) is 0 Å². The number of aryl methyl sites for hydroxylation is 1. The average Bonchev–Trinajstić information content (AvgIpc) is 3.08. The lowest BCUT2D eigenvalue weighted by Gasteiger charge is -2.34. The molecule has 0 saturated carbocycles. The molecule has 2 aromatic heterocycles. The highest BCUT2D eigenvalue weighted by Gasteiger charge is 2.37. The van der Waals surface area contributed by atoms with Gasteiger partial charge in [0.05, 0.1) is 6.26 Å². The summed E-state index contributed by atoms with van der Waals surface area (Å²) >= 11 is 0. The van der Waals surface area contributed by atoms with Crippen molar-refractivity contribution in [2.45, 2.75) is 39.0 Å². The number of nitrogens with zero attached hydrogens (tertiary/aromatic N) is 2. The summed E-state index contributed by atoms with van der Waals surface area (Å²) in [4.78, 5) is 4.56. The molecule has 3 heterocycles. The molecule has 5 heteroatoms. The van der Waals surface area contributed by atoms with Crippen molar-refractivity contribution in [3.8, 4) is 11.6 Å². The van der Waals surface area contributed by atoms with E-state index in [4.69, 9.17) is 8.94 Å². The van der Waals surface area contributed by atoms with Crippen LogP contribution in [0.2, 0.25) is 0 Å². The normalized spacial score (nSPS) is 20.2. The summed E-state index contributed by atoms with van der Waals surface area (Å²) in [6.45, 7) is 8.44. The number of hydrogen-bond donors (Lipinski definition) is 1. The van der Waals surface area contributed by atoms with Crippen molar-refractivity contribution >= 4 is 0 Å². The number of furan rings is 1. The highest BCUT2D eigenvalue weighted by Crippen LogP contribution is 2.35. The SMILES string of the molecule is Cc1ccoc1-c1noc(C(C)(C)C2CCCNC2)n1. The summed E-state index contributed by atoms with van der Waals surface area (Å²) in [5.74, 6) is 2.44. The Morgan fingerprint density at radius 3 is 2.90 bits per heavy atom. The molecule has 1 N–H and O–H groups in total. The minimum absolute atomic E-state index is 0.126. The quantitative estimate of drug-likeness (QED) is 0.933. The molecule has 1 atom stereocenters. The zero-order chi connectivity index (χ0) is 14.2. The summed E-state index contributed by atoms with van der Waals surface area (Å²) in [7, 11) is 0. The molecule has 1 aliphatic rings. The van der Waals surface area contributed by atoms with Crippen molar-refractivity contribution < 1.29 is 8.94 Å². The maximum Gasteiger partial charge on any atom is 0.238 e. The predicted molar refractivity (Wildman–Crippen MR) is 75.4 cm³/mol. The van der Waals surface area contributed by atoms with Gasteiger partial charge >= 0.3 is 0 Å². The van der Waals surface area contributed by atoms with E-state index < -0.39 is 0 Å². The molecule has 1 fully saturated rings. The molecule has 5 nitrogen and oxygen atoms in total. The maximum atomic E-state index is 5.51. The Bertz CT molecular complexity index is 579. The molecule has 0 aromatic carbocycles. The van der Waals surface area contributed by atoms with Crippen molar-refractivity contribution in [3.05, 3.63) is 23.8 Å². The molecule has 1 saturated heterocycles. The first-order valence-electron chi connectivity index (χ1n) is 7.18. The summed E-state index contributed by atoms with van der Waals surface area (Å²) in [6.07, 6.45) is 4.04. The molecule has 0 aliphatic carbocycles. The number of piperidine rings is 1. The predicted octanol–water partition coefficient (Wildman–Crippen LogP) is 2.92. The molecular formula is C15H21N3O2. The van der Waals surface area contributed by atoms with Gasteiger partial charge in [0, 0.05) is 5.41 Å². The van der Waals surface area contributed by atoms with Crippen LogP contribution in [0.1, 0.15) is 38.1 Å². The molecule has 1 aliphatic heterocycles. The second-order valence-corrected chi connectivity index (χ2v) is 6.12. The highest BCUT2D eigenvalue weighted by atomic mass is 16.5. The van der Waals surface area contributed by atoms with Crippen molar-refractivity contribution in [1.82, 2.24) is 15.5 Å². The monoisotopic (exact) mass is 275 g/mol. The number of rotatable bonds is 3. The van der Waals surface area contributed by atoms with Gasteiger partial charge in [-0.15, -0.1) is 0 Å². The zero-order valence-corrected chi connectivity index (χ0v) is 12.3. The van der Waals surface area contributed by atoms with Gasteiger partial charge in [0.2, 0.25) is 11.7 Å². The number of nitrogens with one attached hydrogen (secondary N) is 1. The van der Waals surface area contributed by atoms with E-state index in [2.05, 4.69) is 29.3 Å². The molecule has 3 rings (SSSR count). The Hall–Kier alpha value is -1.62. The fourth-order valence-corrected chi connectivity index (χ4v) is 2.82. The summed E-state index contributed by atoms with van der Waals surface area (Å²) in [5.41, 5.74) is 0.897. The van der Waals surface area contributed by atoms with E-state index in [1.54, 1.807) is 6.26 Å². The molecule has 0 radical (unpaired) electrons. The van der Waals surface area contributed by atoms with Gasteiger partial charge in [0.1, 0.15) is 0 Å². The van der Waals surface area contributed by atoms with E-state index in [0.717, 1.165) is 18.7 Å². The van der Waals surface area contributed by atoms with Crippen molar-refractivity contribution in [2.24, 2.45) is 5.92 Å². The number of hydrogen-bond acceptors (Lipinski definition) is 5. The van der Waals surface area contributed by atoms with Crippen LogP contribution in [0.25, 0.3) is 11.6 Å². The highest BCUT2D eigenvalue weighted by molar-refractivity contribution is 5.51. The molecule has 2 aromatic rings. The lowest BCUT2D eigenvalue weighted by atomic mass is 9.75. The van der Waals surface area contributed by atoms with Crippen LogP contribution in [0.15, 0.2) is 21.3 Å². The van der Waals surface area contributed by atoms with E-state index >= 15 is 0 Å². The Morgan fingerprint density at radius 1 is 1.40 bits per heavy atom. The minimum atomic E-state index is -0.126. The average molecular weight is 275 g/mol.